The van der Waals surface area contributed by atoms with Crippen molar-refractivity contribution in [1.29, 1.82) is 5.41 Å². The summed E-state index contributed by atoms with van der Waals surface area (Å²) in [5, 5.41) is 20.7. The van der Waals surface area contributed by atoms with Crippen molar-refractivity contribution in [2.24, 2.45) is 0 Å². The standard InChI is InChI=1S/C34H36F2N8O4S/c35-26-10-11-29(36)42-31(26)30(37)27(17-38-25-4-2-1-3-5-25)40-32(45)28-20-49-33(41-28)24-16-39-44(19-24)21-48-34(46)23-8-6-22(7-9-23)18-43-12-14-47-15-13-43/h6-11,16-17,19-20,25,37-38H,1-5,12-15,18,21H2,(H,40,45)/b27-17+,37-30?. The van der Waals surface area contributed by atoms with Gasteiger partial charge in [0.1, 0.15) is 22.1 Å². The number of aromatic nitrogens is 4. The van der Waals surface area contributed by atoms with Gasteiger partial charge in [0.15, 0.2) is 12.5 Å². The van der Waals surface area contributed by atoms with Crippen LogP contribution < -0.4 is 10.6 Å². The van der Waals surface area contributed by atoms with Gasteiger partial charge in [-0.15, -0.1) is 11.3 Å². The molecular formula is C34H36F2N8O4S. The highest BCUT2D eigenvalue weighted by Gasteiger charge is 2.22. The molecule has 2 aliphatic rings. The second-order valence-corrected chi connectivity index (χ2v) is 12.7. The summed E-state index contributed by atoms with van der Waals surface area (Å²) in [6.07, 6.45) is 9.71. The molecule has 15 heteroatoms. The Labute approximate surface area is 285 Å². The number of benzene rings is 1. The lowest BCUT2D eigenvalue weighted by molar-refractivity contribution is 0.0341. The molecular weight excluding hydrogens is 654 g/mol. The van der Waals surface area contributed by atoms with E-state index in [9.17, 15) is 18.4 Å². The minimum atomic E-state index is -0.944. The third kappa shape index (κ3) is 8.99. The Morgan fingerprint density at radius 1 is 1.06 bits per heavy atom. The van der Waals surface area contributed by atoms with Crippen LogP contribution in [0.3, 0.4) is 0 Å². The zero-order chi connectivity index (χ0) is 34.2. The summed E-state index contributed by atoms with van der Waals surface area (Å²) < 4.78 is 40.6. The van der Waals surface area contributed by atoms with Crippen LogP contribution in [0.15, 0.2) is 66.1 Å². The van der Waals surface area contributed by atoms with Gasteiger partial charge >= 0.3 is 5.97 Å². The average Bonchev–Trinajstić information content (AvgIpc) is 3.82. The van der Waals surface area contributed by atoms with E-state index in [1.807, 2.05) is 12.1 Å². The number of nitrogens with zero attached hydrogens (tertiary/aromatic N) is 5. The van der Waals surface area contributed by atoms with Crippen molar-refractivity contribution in [3.8, 4) is 10.6 Å². The first-order valence-corrected chi connectivity index (χ1v) is 16.9. The van der Waals surface area contributed by atoms with Crippen LogP contribution >= 0.6 is 11.3 Å². The molecule has 0 bridgehead atoms. The fraction of sp³-hybridized carbons (Fsp3) is 0.353. The number of hydrogen-bond donors (Lipinski definition) is 3. The monoisotopic (exact) mass is 690 g/mol. The van der Waals surface area contributed by atoms with Crippen LogP contribution in [0, 0.1) is 17.2 Å². The lowest BCUT2D eigenvalue weighted by atomic mass is 9.96. The molecule has 1 aliphatic heterocycles. The molecule has 3 N–H and O–H groups in total. The second-order valence-electron chi connectivity index (χ2n) is 11.8. The fourth-order valence-electron chi connectivity index (χ4n) is 5.58. The van der Waals surface area contributed by atoms with Gasteiger partial charge in [-0.1, -0.05) is 31.4 Å². The molecule has 0 atom stereocenters. The molecule has 1 amide bonds. The van der Waals surface area contributed by atoms with Crippen molar-refractivity contribution in [3.63, 3.8) is 0 Å². The van der Waals surface area contributed by atoms with Crippen molar-refractivity contribution < 1.29 is 27.8 Å². The summed E-state index contributed by atoms with van der Waals surface area (Å²) in [6.45, 7) is 3.88. The molecule has 0 unspecified atom stereocenters. The topological polar surface area (TPSA) is 147 Å². The summed E-state index contributed by atoms with van der Waals surface area (Å²) >= 11 is 1.20. The summed E-state index contributed by atoms with van der Waals surface area (Å²) in [4.78, 5) is 36.2. The molecule has 4 aromatic rings. The number of rotatable bonds is 12. The number of thiazole rings is 1. The van der Waals surface area contributed by atoms with E-state index >= 15 is 0 Å². The molecule has 6 rings (SSSR count). The van der Waals surface area contributed by atoms with E-state index in [1.54, 1.807) is 29.9 Å². The molecule has 1 aromatic carbocycles. The summed E-state index contributed by atoms with van der Waals surface area (Å²) in [7, 11) is 0. The quantitative estimate of drug-likeness (QED) is 0.107. The Morgan fingerprint density at radius 2 is 1.84 bits per heavy atom. The zero-order valence-electron chi connectivity index (χ0n) is 26.7. The van der Waals surface area contributed by atoms with Gasteiger partial charge in [-0.2, -0.15) is 9.49 Å². The van der Waals surface area contributed by atoms with Gasteiger partial charge in [-0.05, 0) is 42.7 Å². The molecule has 3 aromatic heterocycles. The molecule has 12 nitrogen and oxygen atoms in total. The zero-order valence-corrected chi connectivity index (χ0v) is 27.5. The van der Waals surface area contributed by atoms with Gasteiger partial charge < -0.3 is 20.1 Å². The highest BCUT2D eigenvalue weighted by Crippen LogP contribution is 2.24. The Balaban J connectivity index is 1.07. The van der Waals surface area contributed by atoms with Crippen LogP contribution in [-0.2, 0) is 22.7 Å². The Hall–Kier alpha value is -4.86. The van der Waals surface area contributed by atoms with E-state index in [0.717, 1.165) is 82.6 Å². The smallest absolute Gasteiger partial charge is 0.339 e. The van der Waals surface area contributed by atoms with Crippen molar-refractivity contribution in [1.82, 2.24) is 35.3 Å². The molecule has 4 heterocycles. The predicted octanol–water partition coefficient (Wildman–Crippen LogP) is 4.89. The second kappa shape index (κ2) is 16.0. The lowest BCUT2D eigenvalue weighted by Gasteiger charge is -2.26. The van der Waals surface area contributed by atoms with Crippen molar-refractivity contribution >= 4 is 28.9 Å². The largest absolute Gasteiger partial charge is 0.439 e. The third-order valence-corrected chi connectivity index (χ3v) is 9.17. The van der Waals surface area contributed by atoms with E-state index in [4.69, 9.17) is 14.9 Å². The first-order chi connectivity index (χ1) is 23.8. The molecule has 256 valence electrons. The van der Waals surface area contributed by atoms with Crippen molar-refractivity contribution in [2.45, 2.75) is 51.4 Å². The van der Waals surface area contributed by atoms with Gasteiger partial charge in [0.2, 0.25) is 5.95 Å². The fourth-order valence-corrected chi connectivity index (χ4v) is 6.35. The number of allylic oxidation sites excluding steroid dienone is 1. The highest BCUT2D eigenvalue weighted by molar-refractivity contribution is 7.13. The molecule has 2 fully saturated rings. The van der Waals surface area contributed by atoms with Crippen LogP contribution in [0.25, 0.3) is 10.6 Å². The predicted molar refractivity (Wildman–Crippen MR) is 178 cm³/mol. The Kier molecular flexibility index (Phi) is 11.1. The molecule has 0 spiro atoms. The lowest BCUT2D eigenvalue weighted by Crippen LogP contribution is -2.35. The number of esters is 1. The number of pyridine rings is 1. The van der Waals surface area contributed by atoms with E-state index in [2.05, 4.69) is 30.6 Å². The molecule has 1 saturated carbocycles. The Bertz CT molecular complexity index is 1810. The van der Waals surface area contributed by atoms with Gasteiger partial charge in [0.05, 0.1) is 30.7 Å². The van der Waals surface area contributed by atoms with Crippen LogP contribution in [0.1, 0.15) is 64.2 Å². The van der Waals surface area contributed by atoms with Crippen LogP contribution in [0.5, 0.6) is 0 Å². The Morgan fingerprint density at radius 3 is 2.61 bits per heavy atom. The summed E-state index contributed by atoms with van der Waals surface area (Å²) in [5.41, 5.74) is 1.12. The van der Waals surface area contributed by atoms with Gasteiger partial charge in [0, 0.05) is 49.0 Å². The number of hydrogen-bond acceptors (Lipinski definition) is 11. The molecule has 1 saturated heterocycles. The number of carbonyl (C=O) groups excluding carboxylic acids is 2. The summed E-state index contributed by atoms with van der Waals surface area (Å²) in [5.74, 6) is -2.96. The van der Waals surface area contributed by atoms with Gasteiger partial charge in [-0.3, -0.25) is 15.1 Å². The first kappa shape index (κ1) is 34.0. The number of amides is 1. The molecule has 1 aliphatic carbocycles. The van der Waals surface area contributed by atoms with E-state index < -0.39 is 35.0 Å². The SMILES string of the molecule is N=C(/C(=C\NC1CCCCC1)NC(=O)c1csc(-c2cnn(COC(=O)c3ccc(CN4CCOCC4)cc3)c2)n1)c1nc(F)ccc1F. The normalized spacial score (nSPS) is 15.9. The number of carbonyl (C=O) groups is 2. The average molecular weight is 691 g/mol. The summed E-state index contributed by atoms with van der Waals surface area (Å²) in [6, 6.07) is 9.20. The molecule has 49 heavy (non-hydrogen) atoms. The van der Waals surface area contributed by atoms with Crippen LogP contribution in [0.2, 0.25) is 0 Å². The number of halogens is 2. The van der Waals surface area contributed by atoms with E-state index in [0.29, 0.717) is 16.1 Å². The van der Waals surface area contributed by atoms with E-state index in [-0.39, 0.29) is 24.2 Å². The van der Waals surface area contributed by atoms with Crippen LogP contribution in [0.4, 0.5) is 8.78 Å². The van der Waals surface area contributed by atoms with Crippen molar-refractivity contribution in [3.05, 3.63) is 100 Å². The maximum absolute atomic E-state index is 14.5. The first-order valence-electron chi connectivity index (χ1n) is 16.1. The van der Waals surface area contributed by atoms with Crippen molar-refractivity contribution in [2.75, 3.05) is 26.3 Å². The highest BCUT2D eigenvalue weighted by atomic mass is 32.1. The minimum absolute atomic E-state index is 0.0558. The van der Waals surface area contributed by atoms with E-state index in [1.165, 1.54) is 22.2 Å². The van der Waals surface area contributed by atoms with Gasteiger partial charge in [-0.25, -0.2) is 23.8 Å². The van der Waals surface area contributed by atoms with Gasteiger partial charge in [0.25, 0.3) is 5.91 Å². The molecule has 0 radical (unpaired) electrons. The minimum Gasteiger partial charge on any atom is -0.439 e. The maximum atomic E-state index is 14.5. The van der Waals surface area contributed by atoms with Crippen LogP contribution in [-0.4, -0.2) is 74.6 Å². The number of ether oxygens (including phenoxy) is 2. The number of morpholine rings is 1. The third-order valence-electron chi connectivity index (χ3n) is 8.28. The number of nitrogens with one attached hydrogen (secondary N) is 3. The maximum Gasteiger partial charge on any atom is 0.339 e.